The van der Waals surface area contributed by atoms with Crippen LogP contribution in [0, 0.1) is 0 Å². The number of hydrogen-bond donors (Lipinski definition) is 0. The summed E-state index contributed by atoms with van der Waals surface area (Å²) in [5.74, 6) is -1.92. The van der Waals surface area contributed by atoms with Crippen LogP contribution in [-0.4, -0.2) is 71.0 Å². The summed E-state index contributed by atoms with van der Waals surface area (Å²) in [6.07, 6.45) is -5.39. The van der Waals surface area contributed by atoms with Gasteiger partial charge in [-0.3, -0.25) is 9.36 Å². The molecule has 0 bridgehead atoms. The molecule has 1 aromatic carbocycles. The minimum absolute atomic E-state index is 0.0409. The van der Waals surface area contributed by atoms with Crippen LogP contribution < -0.4 is 0 Å². The number of alkyl halides is 2. The maximum absolute atomic E-state index is 15.5. The Labute approximate surface area is 218 Å². The lowest BCUT2D eigenvalue weighted by Crippen LogP contribution is -2.40. The summed E-state index contributed by atoms with van der Waals surface area (Å²) in [4.78, 5) is 27.7. The fourth-order valence-corrected chi connectivity index (χ4v) is 5.41. The molecule has 1 aromatic heterocycles. The highest BCUT2D eigenvalue weighted by atomic mass is 31.2. The molecule has 12 nitrogen and oxygen atoms in total. The van der Waals surface area contributed by atoms with Gasteiger partial charge >= 0.3 is 25.2 Å². The minimum Gasteiger partial charge on any atom is -0.463 e. The van der Waals surface area contributed by atoms with Crippen molar-refractivity contribution in [2.24, 2.45) is 0 Å². The first-order valence-electron chi connectivity index (χ1n) is 11.8. The highest BCUT2D eigenvalue weighted by molar-refractivity contribution is 7.55. The third-order valence-corrected chi connectivity index (χ3v) is 7.64. The van der Waals surface area contributed by atoms with Gasteiger partial charge in [-0.1, -0.05) is 30.3 Å². The molecule has 15 heteroatoms. The van der Waals surface area contributed by atoms with E-state index < -0.39 is 56.2 Å². The Hall–Kier alpha value is -2.77. The van der Waals surface area contributed by atoms with Gasteiger partial charge in [0.25, 0.3) is 5.82 Å². The van der Waals surface area contributed by atoms with Crippen LogP contribution in [0.25, 0.3) is 0 Å². The predicted molar refractivity (Wildman–Crippen MR) is 126 cm³/mol. The number of esters is 2. The summed E-state index contributed by atoms with van der Waals surface area (Å²) in [6, 6.07) is 8.86. The third kappa shape index (κ3) is 6.80. The van der Waals surface area contributed by atoms with Crippen LogP contribution in [0.1, 0.15) is 49.6 Å². The van der Waals surface area contributed by atoms with E-state index in [1.807, 2.05) is 0 Å². The predicted octanol–water partition coefficient (Wildman–Crippen LogP) is 3.73. The number of carbonyl (C=O) groups is 2. The van der Waals surface area contributed by atoms with Crippen molar-refractivity contribution in [3.05, 3.63) is 48.0 Å². The van der Waals surface area contributed by atoms with Gasteiger partial charge in [0.1, 0.15) is 12.4 Å². The molecule has 1 aliphatic rings. The molecule has 3 rings (SSSR count). The molecule has 0 aliphatic carbocycles. The van der Waals surface area contributed by atoms with Gasteiger partial charge in [-0.2, -0.15) is 8.78 Å². The molecule has 0 saturated carbocycles. The van der Waals surface area contributed by atoms with Crippen LogP contribution in [0.4, 0.5) is 8.78 Å². The second-order valence-corrected chi connectivity index (χ2v) is 10.3. The SMILES string of the molecule is CCOP(=O)(OCC)C(F)(F)C[C@H]1O[C@@H](n2cnc(C(=O)OC)n2)[C@H](OC(C)=O)[C@@H]1OCc1ccccc1. The Morgan fingerprint density at radius 2 is 1.79 bits per heavy atom. The van der Waals surface area contributed by atoms with Gasteiger partial charge in [0.15, 0.2) is 12.3 Å². The van der Waals surface area contributed by atoms with E-state index in [9.17, 15) is 14.2 Å². The molecule has 0 unspecified atom stereocenters. The first-order chi connectivity index (χ1) is 18.0. The van der Waals surface area contributed by atoms with E-state index in [0.29, 0.717) is 5.56 Å². The standard InChI is InChI=1S/C23H30F2N3O9P/c1-5-34-38(31,35-6-2)23(24,25)12-17-18(33-13-16-10-8-7-9-11-16)19(36-15(3)29)21(37-17)28-14-26-20(27-28)22(30)32-4/h7-11,14,17-19,21H,5-6,12-13H2,1-4H3/t17-,18-,19-,21-/m1/s1. The van der Waals surface area contributed by atoms with Crippen molar-refractivity contribution in [1.29, 1.82) is 0 Å². The number of methoxy groups -OCH3 is 1. The molecular weight excluding hydrogens is 531 g/mol. The van der Waals surface area contributed by atoms with E-state index in [1.54, 1.807) is 30.3 Å². The number of carbonyl (C=O) groups excluding carboxylic acids is 2. The van der Waals surface area contributed by atoms with Crippen molar-refractivity contribution >= 4 is 19.5 Å². The number of halogens is 2. The van der Waals surface area contributed by atoms with Gasteiger partial charge in [-0.05, 0) is 19.4 Å². The molecular formula is C23H30F2N3O9P. The second-order valence-electron chi connectivity index (χ2n) is 8.14. The van der Waals surface area contributed by atoms with Gasteiger partial charge in [0.05, 0.1) is 39.5 Å². The number of ether oxygens (including phenoxy) is 4. The molecule has 0 N–H and O–H groups in total. The summed E-state index contributed by atoms with van der Waals surface area (Å²) >= 11 is 0. The largest absolute Gasteiger partial charge is 0.463 e. The normalized spacial score (nSPS) is 21.8. The van der Waals surface area contributed by atoms with Crippen LogP contribution in [0.2, 0.25) is 0 Å². The minimum atomic E-state index is -4.90. The lowest BCUT2D eigenvalue weighted by molar-refractivity contribution is -0.158. The first-order valence-corrected chi connectivity index (χ1v) is 13.3. The van der Waals surface area contributed by atoms with Crippen LogP contribution >= 0.6 is 7.60 Å². The Kier molecular flexibility index (Phi) is 10.1. The average molecular weight is 561 g/mol. The van der Waals surface area contributed by atoms with E-state index in [4.69, 9.17) is 23.3 Å². The van der Waals surface area contributed by atoms with Crippen molar-refractivity contribution in [2.75, 3.05) is 20.3 Å². The van der Waals surface area contributed by atoms with Crippen LogP contribution in [0.3, 0.4) is 0 Å². The summed E-state index contributed by atoms with van der Waals surface area (Å²) < 4.78 is 76.5. The molecule has 1 fully saturated rings. The zero-order valence-corrected chi connectivity index (χ0v) is 22.2. The fraction of sp³-hybridized carbons (Fsp3) is 0.565. The quantitative estimate of drug-likeness (QED) is 0.261. The smallest absolute Gasteiger partial charge is 0.399 e. The van der Waals surface area contributed by atoms with Gasteiger partial charge in [0, 0.05) is 6.92 Å². The summed E-state index contributed by atoms with van der Waals surface area (Å²) in [5, 5.41) is 3.98. The van der Waals surface area contributed by atoms with Gasteiger partial charge in [-0.25, -0.2) is 14.5 Å². The third-order valence-electron chi connectivity index (χ3n) is 5.46. The lowest BCUT2D eigenvalue weighted by atomic mass is 10.1. The van der Waals surface area contributed by atoms with Crippen LogP contribution in [0.15, 0.2) is 36.7 Å². The lowest BCUT2D eigenvalue weighted by Gasteiger charge is -2.29. The zero-order chi connectivity index (χ0) is 27.9. The van der Waals surface area contributed by atoms with Gasteiger partial charge in [-0.15, -0.1) is 5.10 Å². The van der Waals surface area contributed by atoms with Crippen LogP contribution in [-0.2, 0) is 44.0 Å². The molecule has 2 aromatic rings. The second kappa shape index (κ2) is 12.9. The van der Waals surface area contributed by atoms with Crippen molar-refractivity contribution in [2.45, 2.75) is 64.0 Å². The molecule has 1 aliphatic heterocycles. The van der Waals surface area contributed by atoms with Gasteiger partial charge in [0.2, 0.25) is 0 Å². The molecule has 0 amide bonds. The van der Waals surface area contributed by atoms with Crippen molar-refractivity contribution in [3.63, 3.8) is 0 Å². The van der Waals surface area contributed by atoms with E-state index in [0.717, 1.165) is 25.0 Å². The van der Waals surface area contributed by atoms with E-state index in [-0.39, 0.29) is 25.6 Å². The van der Waals surface area contributed by atoms with Gasteiger partial charge < -0.3 is 28.0 Å². The molecule has 0 radical (unpaired) electrons. The summed E-state index contributed by atoms with van der Waals surface area (Å²) in [6.45, 7) is 3.36. The maximum atomic E-state index is 15.5. The number of hydrogen-bond acceptors (Lipinski definition) is 11. The molecule has 210 valence electrons. The van der Waals surface area contributed by atoms with E-state index >= 15 is 8.78 Å². The Morgan fingerprint density at radius 1 is 1.13 bits per heavy atom. The summed E-state index contributed by atoms with van der Waals surface area (Å²) in [5.41, 5.74) is -3.28. The van der Waals surface area contributed by atoms with Crippen molar-refractivity contribution < 1.29 is 50.9 Å². The zero-order valence-electron chi connectivity index (χ0n) is 21.3. The Bertz CT molecular complexity index is 1120. The number of aromatic nitrogens is 3. The van der Waals surface area contributed by atoms with Crippen molar-refractivity contribution in [1.82, 2.24) is 14.8 Å². The average Bonchev–Trinajstić information content (AvgIpc) is 3.48. The first kappa shape index (κ1) is 29.8. The molecule has 4 atom stereocenters. The topological polar surface area (TPSA) is 137 Å². The molecule has 0 spiro atoms. The van der Waals surface area contributed by atoms with Crippen molar-refractivity contribution in [3.8, 4) is 0 Å². The fourth-order valence-electron chi connectivity index (χ4n) is 3.87. The number of benzene rings is 1. The maximum Gasteiger partial charge on any atom is 0.399 e. The Morgan fingerprint density at radius 3 is 2.37 bits per heavy atom. The number of rotatable bonds is 13. The Balaban J connectivity index is 1.98. The van der Waals surface area contributed by atoms with E-state index in [2.05, 4.69) is 14.8 Å². The summed E-state index contributed by atoms with van der Waals surface area (Å²) in [7, 11) is -3.77. The van der Waals surface area contributed by atoms with Crippen LogP contribution in [0.5, 0.6) is 0 Å². The monoisotopic (exact) mass is 561 g/mol. The highest BCUT2D eigenvalue weighted by Gasteiger charge is 2.59. The molecule has 1 saturated heterocycles. The molecule has 2 heterocycles. The molecule has 38 heavy (non-hydrogen) atoms. The van der Waals surface area contributed by atoms with E-state index in [1.165, 1.54) is 13.8 Å². The number of nitrogens with zero attached hydrogens (tertiary/aromatic N) is 3. The highest BCUT2D eigenvalue weighted by Crippen LogP contribution is 2.64.